The van der Waals surface area contributed by atoms with Crippen LogP contribution in [0.5, 0.6) is 0 Å². The first-order chi connectivity index (χ1) is 15.9. The van der Waals surface area contributed by atoms with Crippen LogP contribution >= 0.6 is 0 Å². The Morgan fingerprint density at radius 3 is 2.64 bits per heavy atom. The van der Waals surface area contributed by atoms with Gasteiger partial charge in [0.15, 0.2) is 11.5 Å². The van der Waals surface area contributed by atoms with Gasteiger partial charge in [0.1, 0.15) is 17.2 Å². The van der Waals surface area contributed by atoms with Gasteiger partial charge in [-0.2, -0.15) is 9.97 Å². The lowest BCUT2D eigenvalue weighted by molar-refractivity contribution is 0.629. The number of nitrogen functional groups attached to an aromatic ring is 2. The zero-order chi connectivity index (χ0) is 23.5. The topological polar surface area (TPSA) is 141 Å². The molecule has 0 bridgehead atoms. The average molecular weight is 446 g/mol. The number of para-hydroxylation sites is 1. The predicted molar refractivity (Wildman–Crippen MR) is 127 cm³/mol. The molecule has 0 fully saturated rings. The van der Waals surface area contributed by atoms with Crippen molar-refractivity contribution in [3.05, 3.63) is 76.4 Å². The Kier molecular flexibility index (Phi) is 5.99. The van der Waals surface area contributed by atoms with E-state index in [-0.39, 0.29) is 11.5 Å². The molecule has 9 nitrogen and oxygen atoms in total. The molecule has 0 saturated carbocycles. The maximum Gasteiger partial charge on any atom is 0.266 e. The zero-order valence-corrected chi connectivity index (χ0v) is 18.2. The van der Waals surface area contributed by atoms with Crippen molar-refractivity contribution in [1.29, 1.82) is 0 Å². The van der Waals surface area contributed by atoms with Gasteiger partial charge in [0.05, 0.1) is 22.9 Å². The van der Waals surface area contributed by atoms with Crippen LogP contribution < -0.4 is 17.0 Å². The van der Waals surface area contributed by atoms with E-state index in [4.69, 9.17) is 11.5 Å². The lowest BCUT2D eigenvalue weighted by Gasteiger charge is -2.15. The Morgan fingerprint density at radius 2 is 1.88 bits per heavy atom. The number of rotatable bonds is 3. The third-order valence-corrected chi connectivity index (χ3v) is 5.06. The van der Waals surface area contributed by atoms with Gasteiger partial charge in [-0.05, 0) is 43.2 Å². The highest BCUT2D eigenvalue weighted by atomic mass is 19.1. The van der Waals surface area contributed by atoms with Gasteiger partial charge < -0.3 is 16.5 Å². The Morgan fingerprint density at radius 1 is 1.09 bits per heavy atom. The largest absolute Gasteiger partial charge is 0.382 e. The third kappa shape index (κ3) is 4.36. The minimum atomic E-state index is -0.425. The number of aromatic amines is 1. The molecular weight excluding hydrogens is 423 g/mol. The maximum atomic E-state index is 13.5. The molecular formula is C23H23FN8O. The number of imidazole rings is 1. The highest BCUT2D eigenvalue weighted by Crippen LogP contribution is 2.18. The van der Waals surface area contributed by atoms with Crippen molar-refractivity contribution in [3.63, 3.8) is 0 Å². The van der Waals surface area contributed by atoms with E-state index in [1.54, 1.807) is 10.6 Å². The minimum Gasteiger partial charge on any atom is -0.382 e. The second-order valence-corrected chi connectivity index (χ2v) is 7.43. The number of aromatic nitrogens is 6. The fourth-order valence-corrected chi connectivity index (χ4v) is 3.53. The highest BCUT2D eigenvalue weighted by molar-refractivity contribution is 5.81. The first-order valence-corrected chi connectivity index (χ1v) is 10.4. The number of nitrogens with zero attached hydrogens (tertiary/aromatic N) is 5. The molecule has 0 radical (unpaired) electrons. The van der Waals surface area contributed by atoms with Crippen LogP contribution in [-0.4, -0.2) is 29.5 Å². The van der Waals surface area contributed by atoms with E-state index < -0.39 is 5.82 Å². The second kappa shape index (κ2) is 9.03. The van der Waals surface area contributed by atoms with Crippen LogP contribution in [0.1, 0.15) is 24.7 Å². The van der Waals surface area contributed by atoms with Gasteiger partial charge in [-0.3, -0.25) is 9.36 Å². The molecule has 0 atom stereocenters. The van der Waals surface area contributed by atoms with Gasteiger partial charge in [0, 0.05) is 6.42 Å². The van der Waals surface area contributed by atoms with Crippen molar-refractivity contribution in [3.8, 4) is 5.69 Å². The van der Waals surface area contributed by atoms with Crippen LogP contribution in [-0.2, 0) is 6.42 Å². The Bertz CT molecular complexity index is 1510. The van der Waals surface area contributed by atoms with E-state index in [9.17, 15) is 9.18 Å². The van der Waals surface area contributed by atoms with Crippen molar-refractivity contribution in [2.45, 2.75) is 26.7 Å². The summed E-state index contributed by atoms with van der Waals surface area (Å²) in [5.41, 5.74) is 14.1. The zero-order valence-electron chi connectivity index (χ0n) is 18.2. The first-order valence-electron chi connectivity index (χ1n) is 10.4. The number of fused-ring (bicyclic) bond motifs is 2. The molecule has 5 N–H and O–H groups in total. The normalized spacial score (nSPS) is 10.9. The molecule has 0 aliphatic carbocycles. The molecule has 2 aromatic carbocycles. The average Bonchev–Trinajstić information content (AvgIpc) is 3.25. The number of halogens is 1. The lowest BCUT2D eigenvalue weighted by Crippen LogP contribution is -2.24. The molecule has 0 unspecified atom stereocenters. The van der Waals surface area contributed by atoms with E-state index in [2.05, 4.69) is 24.9 Å². The summed E-state index contributed by atoms with van der Waals surface area (Å²) in [7, 11) is 0. The molecule has 0 aliphatic rings. The smallest absolute Gasteiger partial charge is 0.266 e. The number of H-pyrrole nitrogens is 1. The summed E-state index contributed by atoms with van der Waals surface area (Å²) >= 11 is 0. The van der Waals surface area contributed by atoms with Crippen molar-refractivity contribution >= 4 is 33.8 Å². The number of hydrogen-bond acceptors (Lipinski definition) is 7. The van der Waals surface area contributed by atoms with Gasteiger partial charge in [0.25, 0.3) is 5.56 Å². The summed E-state index contributed by atoms with van der Waals surface area (Å²) in [5.74, 6) is 0.749. The summed E-state index contributed by atoms with van der Waals surface area (Å²) in [6.45, 7) is 4.00. The monoisotopic (exact) mass is 446 g/mol. The van der Waals surface area contributed by atoms with Gasteiger partial charge in [-0.25, -0.2) is 14.4 Å². The van der Waals surface area contributed by atoms with Crippen LogP contribution in [0.3, 0.4) is 0 Å². The van der Waals surface area contributed by atoms with E-state index in [0.29, 0.717) is 40.1 Å². The van der Waals surface area contributed by atoms with Gasteiger partial charge in [-0.1, -0.05) is 25.1 Å². The number of nitrogens with one attached hydrogen (secondary N) is 1. The third-order valence-electron chi connectivity index (χ3n) is 5.06. The van der Waals surface area contributed by atoms with Crippen LogP contribution in [0.25, 0.3) is 27.8 Å². The van der Waals surface area contributed by atoms with Gasteiger partial charge >= 0.3 is 0 Å². The molecule has 5 aromatic rings. The van der Waals surface area contributed by atoms with Crippen molar-refractivity contribution in [1.82, 2.24) is 29.5 Å². The summed E-state index contributed by atoms with van der Waals surface area (Å²) in [6.07, 6.45) is 3.07. The van der Waals surface area contributed by atoms with Gasteiger partial charge in [-0.15, -0.1) is 0 Å². The van der Waals surface area contributed by atoms with Crippen molar-refractivity contribution in [2.24, 2.45) is 0 Å². The number of anilines is 2. The molecule has 5 rings (SSSR count). The van der Waals surface area contributed by atoms with Crippen molar-refractivity contribution < 1.29 is 4.39 Å². The number of hydrogen-bond donors (Lipinski definition) is 3. The van der Waals surface area contributed by atoms with E-state index >= 15 is 0 Å². The second-order valence-electron chi connectivity index (χ2n) is 7.43. The van der Waals surface area contributed by atoms with Crippen LogP contribution in [0.2, 0.25) is 0 Å². The predicted octanol–water partition coefficient (Wildman–Crippen LogP) is 3.30. The molecule has 0 amide bonds. The standard InChI is InChI=1S/C18H17FN2O.C5H6N6/c1-3-6-17-20-15-10-9-13(19)11-14(15)18(22)21(17)16-8-5-4-7-12(16)2;6-3-2-4(9-1-8-2)11-5(7)10-3/h4-5,7-11H,3,6H2,1-2H3;1H,(H5,6,7,8,9,10,11). The minimum absolute atomic E-state index is 0.141. The molecule has 168 valence electrons. The maximum absolute atomic E-state index is 13.5. The quantitative estimate of drug-likeness (QED) is 0.386. The number of nitrogens with two attached hydrogens (primary N) is 2. The van der Waals surface area contributed by atoms with Gasteiger partial charge in [0.2, 0.25) is 5.95 Å². The summed E-state index contributed by atoms with van der Waals surface area (Å²) in [6, 6.07) is 11.8. The number of aryl methyl sites for hydroxylation is 2. The molecule has 0 aliphatic heterocycles. The molecule has 33 heavy (non-hydrogen) atoms. The van der Waals surface area contributed by atoms with Crippen molar-refractivity contribution in [2.75, 3.05) is 11.5 Å². The van der Waals surface area contributed by atoms with Crippen LogP contribution in [0, 0.1) is 12.7 Å². The van der Waals surface area contributed by atoms with Crippen LogP contribution in [0.4, 0.5) is 16.2 Å². The fraction of sp³-hybridized carbons (Fsp3) is 0.174. The SMILES string of the molecule is CCCc1nc2ccc(F)cc2c(=O)n1-c1ccccc1C.Nc1nc(N)c2[nH]cnc2n1. The summed E-state index contributed by atoms with van der Waals surface area (Å²) in [4.78, 5) is 31.7. The fourth-order valence-electron chi connectivity index (χ4n) is 3.53. The van der Waals surface area contributed by atoms with Crippen LogP contribution in [0.15, 0.2) is 53.6 Å². The molecule has 0 spiro atoms. The summed E-state index contributed by atoms with van der Waals surface area (Å²) < 4.78 is 15.1. The number of benzene rings is 2. The first kappa shape index (κ1) is 21.9. The molecule has 10 heteroatoms. The van der Waals surface area contributed by atoms with E-state index in [1.165, 1.54) is 18.5 Å². The molecule has 0 saturated heterocycles. The lowest BCUT2D eigenvalue weighted by atomic mass is 10.1. The van der Waals surface area contributed by atoms with E-state index in [0.717, 1.165) is 17.7 Å². The highest BCUT2D eigenvalue weighted by Gasteiger charge is 2.14. The molecule has 3 heterocycles. The molecule has 3 aromatic heterocycles. The Hall–Kier alpha value is -4.34. The Balaban J connectivity index is 0.000000196. The van der Waals surface area contributed by atoms with E-state index in [1.807, 2.05) is 38.1 Å². The summed E-state index contributed by atoms with van der Waals surface area (Å²) in [5, 5.41) is 0.308. The Labute approximate surface area is 188 Å².